The van der Waals surface area contributed by atoms with E-state index in [0.717, 1.165) is 31.5 Å². The van der Waals surface area contributed by atoms with Gasteiger partial charge < -0.3 is 15.4 Å². The number of morpholine rings is 1. The van der Waals surface area contributed by atoms with Crippen LogP contribution in [0.1, 0.15) is 31.2 Å². The quantitative estimate of drug-likeness (QED) is 0.672. The Hall–Kier alpha value is -1.33. The molecule has 2 fully saturated rings. The van der Waals surface area contributed by atoms with Crippen molar-refractivity contribution in [2.45, 2.75) is 37.8 Å². The smallest absolute Gasteiger partial charge is 0.191 e. The van der Waals surface area contributed by atoms with Crippen LogP contribution >= 0.6 is 11.6 Å². The van der Waals surface area contributed by atoms with E-state index in [2.05, 4.69) is 9.89 Å². The van der Waals surface area contributed by atoms with E-state index in [0.29, 0.717) is 18.5 Å². The molecular weight excluding hydrogens is 305 g/mol. The molecule has 120 valence electrons. The van der Waals surface area contributed by atoms with E-state index in [1.54, 1.807) is 12.1 Å². The molecule has 0 amide bonds. The van der Waals surface area contributed by atoms with Crippen molar-refractivity contribution in [2.75, 3.05) is 19.7 Å². The van der Waals surface area contributed by atoms with Gasteiger partial charge in [0.15, 0.2) is 5.96 Å². The van der Waals surface area contributed by atoms with E-state index in [1.165, 1.54) is 6.07 Å². The number of guanidine groups is 1. The van der Waals surface area contributed by atoms with Crippen molar-refractivity contribution in [1.82, 2.24) is 4.90 Å². The molecule has 1 unspecified atom stereocenters. The molecule has 1 saturated carbocycles. The number of ether oxygens (including phenoxy) is 1. The van der Waals surface area contributed by atoms with Crippen LogP contribution in [0.2, 0.25) is 5.02 Å². The lowest BCUT2D eigenvalue weighted by Gasteiger charge is -2.36. The minimum absolute atomic E-state index is 0.186. The number of nitrogens with two attached hydrogens (primary N) is 1. The van der Waals surface area contributed by atoms with Crippen LogP contribution in [0, 0.1) is 5.82 Å². The number of nitrogens with zero attached hydrogens (tertiary/aromatic N) is 2. The van der Waals surface area contributed by atoms with Gasteiger partial charge in [0.05, 0.1) is 23.8 Å². The number of hydrogen-bond donors (Lipinski definition) is 1. The molecule has 0 bridgehead atoms. The fourth-order valence-electron chi connectivity index (χ4n) is 3.03. The van der Waals surface area contributed by atoms with Gasteiger partial charge in [-0.05, 0) is 43.4 Å². The Kier molecular flexibility index (Phi) is 4.54. The Bertz CT molecular complexity index is 575. The Morgan fingerprint density at radius 3 is 2.91 bits per heavy atom. The zero-order chi connectivity index (χ0) is 15.7. The number of rotatable bonds is 2. The van der Waals surface area contributed by atoms with Crippen LogP contribution in [0.15, 0.2) is 23.2 Å². The average molecular weight is 326 g/mol. The molecule has 22 heavy (non-hydrogen) atoms. The summed E-state index contributed by atoms with van der Waals surface area (Å²) in [5.41, 5.74) is 7.18. The highest BCUT2D eigenvalue weighted by atomic mass is 35.5. The highest BCUT2D eigenvalue weighted by molar-refractivity contribution is 6.30. The van der Waals surface area contributed by atoms with Gasteiger partial charge in [0.1, 0.15) is 5.82 Å². The normalized spacial score (nSPS) is 29.3. The molecule has 1 atom stereocenters. The number of aliphatic imine (C=N–C) groups is 1. The maximum Gasteiger partial charge on any atom is 0.191 e. The van der Waals surface area contributed by atoms with E-state index in [4.69, 9.17) is 22.1 Å². The van der Waals surface area contributed by atoms with Crippen molar-refractivity contribution >= 4 is 17.6 Å². The molecule has 6 heteroatoms. The summed E-state index contributed by atoms with van der Waals surface area (Å²) in [5.74, 6) is 0.629. The monoisotopic (exact) mass is 325 g/mol. The van der Waals surface area contributed by atoms with Gasteiger partial charge in [0.25, 0.3) is 0 Å². The van der Waals surface area contributed by atoms with E-state index < -0.39 is 0 Å². The van der Waals surface area contributed by atoms with Crippen LogP contribution in [0.4, 0.5) is 4.39 Å². The van der Waals surface area contributed by atoms with Crippen LogP contribution in [0.25, 0.3) is 0 Å². The topological polar surface area (TPSA) is 50.8 Å². The highest BCUT2D eigenvalue weighted by Gasteiger charge is 2.31. The number of halogens is 2. The number of benzene rings is 1. The summed E-state index contributed by atoms with van der Waals surface area (Å²) in [6.45, 7) is 4.32. The molecule has 0 spiro atoms. The van der Waals surface area contributed by atoms with Crippen LogP contribution in [0.3, 0.4) is 0 Å². The Labute approximate surface area is 135 Å². The third-order valence-electron chi connectivity index (χ3n) is 4.41. The molecule has 0 radical (unpaired) electrons. The second-order valence-corrected chi connectivity index (χ2v) is 6.52. The summed E-state index contributed by atoms with van der Waals surface area (Å²) in [7, 11) is 0. The van der Waals surface area contributed by atoms with Crippen LogP contribution in [0.5, 0.6) is 0 Å². The van der Waals surface area contributed by atoms with Crippen molar-refractivity contribution in [3.05, 3.63) is 34.6 Å². The van der Waals surface area contributed by atoms with E-state index in [1.807, 2.05) is 6.92 Å². The van der Waals surface area contributed by atoms with Crippen molar-refractivity contribution < 1.29 is 9.13 Å². The highest BCUT2D eigenvalue weighted by Crippen LogP contribution is 2.39. The molecule has 1 saturated heterocycles. The predicted molar refractivity (Wildman–Crippen MR) is 85.8 cm³/mol. The van der Waals surface area contributed by atoms with Gasteiger partial charge in [0.2, 0.25) is 0 Å². The SMILES string of the molecule is CC1CN(C(N)=NC2CC(c3ccc(F)c(Cl)c3)C2)CCO1. The third-order valence-corrected chi connectivity index (χ3v) is 4.70. The fourth-order valence-corrected chi connectivity index (χ4v) is 3.22. The van der Waals surface area contributed by atoms with E-state index >= 15 is 0 Å². The van der Waals surface area contributed by atoms with Crippen molar-refractivity contribution in [2.24, 2.45) is 10.7 Å². The van der Waals surface area contributed by atoms with Gasteiger partial charge in [-0.1, -0.05) is 17.7 Å². The minimum Gasteiger partial charge on any atom is -0.375 e. The van der Waals surface area contributed by atoms with Crippen molar-refractivity contribution in [1.29, 1.82) is 0 Å². The molecule has 2 N–H and O–H groups in total. The summed E-state index contributed by atoms with van der Waals surface area (Å²) >= 11 is 5.83. The zero-order valence-electron chi connectivity index (χ0n) is 12.6. The zero-order valence-corrected chi connectivity index (χ0v) is 13.4. The van der Waals surface area contributed by atoms with Gasteiger partial charge in [0, 0.05) is 13.1 Å². The molecule has 0 aromatic heterocycles. The summed E-state index contributed by atoms with van der Waals surface area (Å²) < 4.78 is 18.7. The van der Waals surface area contributed by atoms with Gasteiger partial charge in [-0.25, -0.2) is 9.38 Å². The second kappa shape index (κ2) is 6.42. The van der Waals surface area contributed by atoms with Crippen LogP contribution < -0.4 is 5.73 Å². The standard InChI is InChI=1S/C16H21ClFN3O/c1-10-9-21(4-5-22-10)16(19)20-13-6-12(7-13)11-2-3-15(18)14(17)8-11/h2-3,8,10,12-13H,4-7,9H2,1H3,(H2,19,20). The van der Waals surface area contributed by atoms with Gasteiger partial charge in [-0.2, -0.15) is 0 Å². The molecule has 4 nitrogen and oxygen atoms in total. The lowest BCUT2D eigenvalue weighted by Crippen LogP contribution is -2.48. The largest absolute Gasteiger partial charge is 0.375 e. The first-order valence-corrected chi connectivity index (χ1v) is 8.05. The first-order chi connectivity index (χ1) is 10.5. The molecular formula is C16H21ClFN3O. The average Bonchev–Trinajstić information content (AvgIpc) is 2.45. The Morgan fingerprint density at radius 2 is 2.23 bits per heavy atom. The third kappa shape index (κ3) is 3.36. The summed E-state index contributed by atoms with van der Waals surface area (Å²) in [5, 5.41) is 0.186. The van der Waals surface area contributed by atoms with Gasteiger partial charge in [-0.15, -0.1) is 0 Å². The van der Waals surface area contributed by atoms with E-state index in [-0.39, 0.29) is 23.0 Å². The summed E-state index contributed by atoms with van der Waals surface area (Å²) in [4.78, 5) is 6.69. The molecule has 1 heterocycles. The van der Waals surface area contributed by atoms with Gasteiger partial charge >= 0.3 is 0 Å². The van der Waals surface area contributed by atoms with Gasteiger partial charge in [-0.3, -0.25) is 0 Å². The van der Waals surface area contributed by atoms with Crippen LogP contribution in [-0.2, 0) is 4.74 Å². The second-order valence-electron chi connectivity index (χ2n) is 6.11. The first kappa shape index (κ1) is 15.6. The molecule has 1 aromatic rings. The molecule has 1 aliphatic heterocycles. The fraction of sp³-hybridized carbons (Fsp3) is 0.562. The lowest BCUT2D eigenvalue weighted by molar-refractivity contribution is 0.00512. The Morgan fingerprint density at radius 1 is 1.45 bits per heavy atom. The van der Waals surface area contributed by atoms with Crippen LogP contribution in [-0.4, -0.2) is 42.7 Å². The molecule has 1 aromatic carbocycles. The Balaban J connectivity index is 1.56. The molecule has 2 aliphatic rings. The van der Waals surface area contributed by atoms with Crippen molar-refractivity contribution in [3.8, 4) is 0 Å². The first-order valence-electron chi connectivity index (χ1n) is 7.67. The minimum atomic E-state index is -0.370. The molecule has 3 rings (SSSR count). The maximum absolute atomic E-state index is 13.2. The number of hydrogen-bond acceptors (Lipinski definition) is 2. The lowest BCUT2D eigenvalue weighted by atomic mass is 9.76. The molecule has 1 aliphatic carbocycles. The predicted octanol–water partition coefficient (Wildman–Crippen LogP) is 2.76. The maximum atomic E-state index is 13.2. The van der Waals surface area contributed by atoms with Crippen molar-refractivity contribution in [3.63, 3.8) is 0 Å². The summed E-state index contributed by atoms with van der Waals surface area (Å²) in [6.07, 6.45) is 2.06. The van der Waals surface area contributed by atoms with E-state index in [9.17, 15) is 4.39 Å². The summed E-state index contributed by atoms with van der Waals surface area (Å²) in [6, 6.07) is 5.19.